The molecule has 1 saturated heterocycles. The molecule has 0 unspecified atom stereocenters. The molecule has 4 rings (SSSR count). The van der Waals surface area contributed by atoms with Gasteiger partial charge in [0.05, 0.1) is 4.91 Å². The van der Waals surface area contributed by atoms with E-state index in [1.54, 1.807) is 48.5 Å². The van der Waals surface area contributed by atoms with Crippen molar-refractivity contribution >= 4 is 52.2 Å². The average Bonchev–Trinajstić information content (AvgIpc) is 3.11. The lowest BCUT2D eigenvalue weighted by Crippen LogP contribution is -2.36. The van der Waals surface area contributed by atoms with E-state index in [1.165, 1.54) is 24.3 Å². The lowest BCUT2D eigenvalue weighted by molar-refractivity contribution is -0.127. The molecule has 0 saturated carbocycles. The summed E-state index contributed by atoms with van der Waals surface area (Å²) in [5, 5.41) is 4.56. The summed E-state index contributed by atoms with van der Waals surface area (Å²) in [5.41, 5.74) is 1.33. The molecule has 0 radical (unpaired) electrons. The third-order valence-electron chi connectivity index (χ3n) is 4.91. The largest absolute Gasteiger partial charge is 0.483 e. The molecule has 3 aromatic carbocycles. The number of benzene rings is 3. The second-order valence-corrected chi connectivity index (χ2v) is 8.56. The van der Waals surface area contributed by atoms with Crippen LogP contribution < -0.4 is 15.4 Å². The number of nitrogens with zero attached hydrogens (tertiary/aromatic N) is 1. The van der Waals surface area contributed by atoms with E-state index in [1.807, 2.05) is 6.07 Å². The van der Waals surface area contributed by atoms with Crippen LogP contribution in [0.5, 0.6) is 5.75 Å². The third kappa shape index (κ3) is 6.36. The van der Waals surface area contributed by atoms with E-state index in [0.29, 0.717) is 28.8 Å². The highest BCUT2D eigenvalue weighted by molar-refractivity contribution is 8.18. The fourth-order valence-electron chi connectivity index (χ4n) is 3.28. The number of carbonyl (C=O) groups excluding carboxylic acids is 4. The Morgan fingerprint density at radius 3 is 2.36 bits per heavy atom. The summed E-state index contributed by atoms with van der Waals surface area (Å²) in [6.45, 7) is -0.780. The lowest BCUT2D eigenvalue weighted by atomic mass is 10.2. The van der Waals surface area contributed by atoms with Crippen molar-refractivity contribution in [3.63, 3.8) is 0 Å². The van der Waals surface area contributed by atoms with Crippen molar-refractivity contribution in [3.05, 3.63) is 95.1 Å². The lowest BCUT2D eigenvalue weighted by Gasteiger charge is -2.12. The molecule has 0 aliphatic carbocycles. The average molecular weight is 506 g/mol. The molecule has 8 nitrogen and oxygen atoms in total. The Balaban J connectivity index is 1.40. The van der Waals surface area contributed by atoms with Gasteiger partial charge in [0.25, 0.3) is 17.1 Å². The topological polar surface area (TPSA) is 105 Å². The van der Waals surface area contributed by atoms with E-state index in [-0.39, 0.29) is 23.1 Å². The van der Waals surface area contributed by atoms with E-state index in [0.717, 1.165) is 11.0 Å². The number of hydrogen-bond acceptors (Lipinski definition) is 6. The minimum atomic E-state index is -0.643. The summed E-state index contributed by atoms with van der Waals surface area (Å²) in [7, 11) is 0. The van der Waals surface area contributed by atoms with Crippen LogP contribution in [0.4, 0.5) is 20.6 Å². The zero-order chi connectivity index (χ0) is 25.5. The molecular weight excluding hydrogens is 485 g/mol. The normalized spacial score (nSPS) is 14.1. The maximum atomic E-state index is 13.3. The molecule has 3 aromatic rings. The van der Waals surface area contributed by atoms with E-state index < -0.39 is 29.4 Å². The van der Waals surface area contributed by atoms with Crippen molar-refractivity contribution in [3.8, 4) is 5.75 Å². The number of carbonyl (C=O) groups is 4. The molecule has 0 atom stereocenters. The summed E-state index contributed by atoms with van der Waals surface area (Å²) >= 11 is 0.686. The number of halogens is 1. The van der Waals surface area contributed by atoms with Crippen molar-refractivity contribution in [2.45, 2.75) is 0 Å². The second kappa shape index (κ2) is 11.3. The van der Waals surface area contributed by atoms with E-state index in [4.69, 9.17) is 4.74 Å². The minimum Gasteiger partial charge on any atom is -0.483 e. The Kier molecular flexibility index (Phi) is 7.76. The number of ether oxygens (including phenoxy) is 1. The molecule has 182 valence electrons. The Morgan fingerprint density at radius 2 is 1.58 bits per heavy atom. The van der Waals surface area contributed by atoms with E-state index >= 15 is 0 Å². The maximum absolute atomic E-state index is 13.3. The van der Waals surface area contributed by atoms with Gasteiger partial charge < -0.3 is 15.4 Å². The van der Waals surface area contributed by atoms with Gasteiger partial charge in [0.2, 0.25) is 5.91 Å². The first-order valence-corrected chi connectivity index (χ1v) is 11.6. The predicted molar refractivity (Wildman–Crippen MR) is 135 cm³/mol. The van der Waals surface area contributed by atoms with Gasteiger partial charge in [0.1, 0.15) is 18.1 Å². The molecular formula is C26H20FN3O5S. The molecule has 1 heterocycles. The van der Waals surface area contributed by atoms with Crippen molar-refractivity contribution < 1.29 is 28.3 Å². The number of anilines is 2. The highest BCUT2D eigenvalue weighted by Crippen LogP contribution is 2.34. The predicted octanol–water partition coefficient (Wildman–Crippen LogP) is 4.52. The van der Waals surface area contributed by atoms with Crippen LogP contribution in [-0.4, -0.2) is 41.0 Å². The highest BCUT2D eigenvalue weighted by Gasteiger charge is 2.36. The fourth-order valence-corrected chi connectivity index (χ4v) is 4.11. The van der Waals surface area contributed by atoms with Crippen LogP contribution in [0.15, 0.2) is 83.8 Å². The number of amides is 4. The van der Waals surface area contributed by atoms with Crippen LogP contribution in [0.25, 0.3) is 6.08 Å². The summed E-state index contributed by atoms with van der Waals surface area (Å²) in [6.07, 6.45) is 1.47. The van der Waals surface area contributed by atoms with Crippen molar-refractivity contribution in [1.29, 1.82) is 0 Å². The Labute approximate surface area is 210 Å². The Hall–Kier alpha value is -4.44. The van der Waals surface area contributed by atoms with Crippen molar-refractivity contribution in [2.75, 3.05) is 23.8 Å². The molecule has 1 aliphatic rings. The summed E-state index contributed by atoms with van der Waals surface area (Å²) < 4.78 is 19.0. The highest BCUT2D eigenvalue weighted by atomic mass is 32.2. The quantitative estimate of drug-likeness (QED) is 0.436. The zero-order valence-corrected chi connectivity index (χ0v) is 19.6. The molecule has 1 fully saturated rings. The van der Waals surface area contributed by atoms with Crippen LogP contribution in [0.2, 0.25) is 0 Å². The monoisotopic (exact) mass is 505 g/mol. The van der Waals surface area contributed by atoms with Gasteiger partial charge in [-0.25, -0.2) is 4.39 Å². The molecule has 1 aliphatic heterocycles. The molecule has 0 spiro atoms. The van der Waals surface area contributed by atoms with Crippen molar-refractivity contribution in [2.24, 2.45) is 0 Å². The van der Waals surface area contributed by atoms with Gasteiger partial charge in [-0.1, -0.05) is 42.5 Å². The first-order valence-electron chi connectivity index (χ1n) is 10.8. The van der Waals surface area contributed by atoms with Gasteiger partial charge in [0.15, 0.2) is 6.61 Å². The zero-order valence-electron chi connectivity index (χ0n) is 18.8. The number of hydrogen-bond donors (Lipinski definition) is 2. The van der Waals surface area contributed by atoms with Crippen LogP contribution in [0, 0.1) is 5.82 Å². The van der Waals surface area contributed by atoms with Crippen LogP contribution in [-0.2, 0) is 14.4 Å². The van der Waals surface area contributed by atoms with Crippen LogP contribution in [0.1, 0.15) is 5.56 Å². The summed E-state index contributed by atoms with van der Waals surface area (Å²) in [6, 6.07) is 21.0. The smallest absolute Gasteiger partial charge is 0.294 e. The van der Waals surface area contributed by atoms with E-state index in [9.17, 15) is 23.6 Å². The standard InChI is InChI=1S/C26H20FN3O5S/c27-18-8-6-11-20(14-18)29-23(31)15-30-25(33)22(36-26(30)34)13-17-7-4-5-12-21(17)35-16-24(32)28-19-9-2-1-3-10-19/h1-14H,15-16H2,(H,28,32)(H,29,31)/b22-13+. The summed E-state index contributed by atoms with van der Waals surface area (Å²) in [5.74, 6) is -1.83. The molecule has 2 N–H and O–H groups in total. The Morgan fingerprint density at radius 1 is 0.889 bits per heavy atom. The Bertz CT molecular complexity index is 1350. The SMILES string of the molecule is O=C(COc1ccccc1/C=C1/SC(=O)N(CC(=O)Nc2cccc(F)c2)C1=O)Nc1ccccc1. The second-order valence-electron chi connectivity index (χ2n) is 7.57. The van der Waals surface area contributed by atoms with Crippen LogP contribution >= 0.6 is 11.8 Å². The molecule has 0 bridgehead atoms. The first-order chi connectivity index (χ1) is 17.4. The fraction of sp³-hybridized carbons (Fsp3) is 0.0769. The molecule has 36 heavy (non-hydrogen) atoms. The number of para-hydroxylation sites is 2. The minimum absolute atomic E-state index is 0.100. The number of rotatable bonds is 8. The van der Waals surface area contributed by atoms with Gasteiger partial charge in [-0.15, -0.1) is 0 Å². The third-order valence-corrected chi connectivity index (χ3v) is 5.81. The van der Waals surface area contributed by atoms with Gasteiger partial charge >= 0.3 is 0 Å². The van der Waals surface area contributed by atoms with Crippen molar-refractivity contribution in [1.82, 2.24) is 4.90 Å². The van der Waals surface area contributed by atoms with Gasteiger partial charge in [-0.3, -0.25) is 24.1 Å². The number of thioether (sulfide) groups is 1. The molecule has 4 amide bonds. The van der Waals surface area contributed by atoms with E-state index in [2.05, 4.69) is 10.6 Å². The first kappa shape index (κ1) is 24.7. The van der Waals surface area contributed by atoms with Crippen LogP contribution in [0.3, 0.4) is 0 Å². The van der Waals surface area contributed by atoms with Gasteiger partial charge in [0, 0.05) is 16.9 Å². The molecule has 10 heteroatoms. The summed E-state index contributed by atoms with van der Waals surface area (Å²) in [4.78, 5) is 50.6. The number of imide groups is 1. The van der Waals surface area contributed by atoms with Gasteiger partial charge in [-0.05, 0) is 54.2 Å². The number of nitrogens with one attached hydrogen (secondary N) is 2. The van der Waals surface area contributed by atoms with Gasteiger partial charge in [-0.2, -0.15) is 0 Å². The molecule has 0 aromatic heterocycles. The maximum Gasteiger partial charge on any atom is 0.294 e.